The normalized spacial score (nSPS) is 18.4. The van der Waals surface area contributed by atoms with E-state index < -0.39 is 0 Å². The van der Waals surface area contributed by atoms with Crippen molar-refractivity contribution in [3.05, 3.63) is 35.9 Å². The number of benzene rings is 1. The van der Waals surface area contributed by atoms with Crippen LogP contribution in [0.25, 0.3) is 0 Å². The predicted molar refractivity (Wildman–Crippen MR) is 98.7 cm³/mol. The molecular formula is C19H31ClN2O. The summed E-state index contributed by atoms with van der Waals surface area (Å²) in [4.78, 5) is 15.0. The van der Waals surface area contributed by atoms with E-state index in [1.807, 2.05) is 18.2 Å². The van der Waals surface area contributed by atoms with Crippen LogP contribution in [0.1, 0.15) is 39.2 Å². The second-order valence-electron chi connectivity index (χ2n) is 7.06. The van der Waals surface area contributed by atoms with E-state index in [1.165, 1.54) is 5.56 Å². The maximum atomic E-state index is 12.9. The summed E-state index contributed by atoms with van der Waals surface area (Å²) in [5.74, 6) is 1.32. The molecule has 1 aromatic rings. The molecule has 1 aliphatic heterocycles. The molecule has 2 unspecified atom stereocenters. The van der Waals surface area contributed by atoms with Gasteiger partial charge in [-0.05, 0) is 43.6 Å². The predicted octanol–water partition coefficient (Wildman–Crippen LogP) is 3.51. The highest BCUT2D eigenvalue weighted by atomic mass is 35.5. The van der Waals surface area contributed by atoms with Gasteiger partial charge in [0.25, 0.3) is 0 Å². The number of likely N-dealkylation sites (tertiary alicyclic amines) is 1. The average Bonchev–Trinajstić information content (AvgIpc) is 2.53. The van der Waals surface area contributed by atoms with E-state index in [0.717, 1.165) is 32.4 Å². The molecule has 0 bridgehead atoms. The molecule has 2 atom stereocenters. The van der Waals surface area contributed by atoms with Crippen molar-refractivity contribution in [3.63, 3.8) is 0 Å². The lowest BCUT2D eigenvalue weighted by Crippen LogP contribution is -2.46. The monoisotopic (exact) mass is 338 g/mol. The lowest BCUT2D eigenvalue weighted by atomic mass is 9.86. The summed E-state index contributed by atoms with van der Waals surface area (Å²) in [6.45, 7) is 8.11. The van der Waals surface area contributed by atoms with Crippen LogP contribution in [0.2, 0.25) is 0 Å². The number of hydrogen-bond acceptors (Lipinski definition) is 2. The Labute approximate surface area is 147 Å². The Balaban J connectivity index is 0.00000264. The number of carbonyl (C=O) groups excluding carboxylic acids is 1. The number of hydrogen-bond donors (Lipinski definition) is 1. The van der Waals surface area contributed by atoms with Gasteiger partial charge in [0.05, 0.1) is 0 Å². The zero-order valence-corrected chi connectivity index (χ0v) is 15.4. The summed E-state index contributed by atoms with van der Waals surface area (Å²) in [7, 11) is 0. The van der Waals surface area contributed by atoms with Crippen LogP contribution < -0.4 is 5.73 Å². The Morgan fingerprint density at radius 3 is 2.22 bits per heavy atom. The van der Waals surface area contributed by atoms with Crippen molar-refractivity contribution in [1.29, 1.82) is 0 Å². The van der Waals surface area contributed by atoms with Crippen LogP contribution in [0.3, 0.4) is 0 Å². The molecule has 2 rings (SSSR count). The maximum Gasteiger partial charge on any atom is 0.226 e. The molecule has 0 aliphatic carbocycles. The van der Waals surface area contributed by atoms with Crippen LogP contribution in [0, 0.1) is 17.8 Å². The van der Waals surface area contributed by atoms with Crippen molar-refractivity contribution in [1.82, 2.24) is 4.90 Å². The first-order chi connectivity index (χ1) is 10.5. The van der Waals surface area contributed by atoms with Gasteiger partial charge in [0, 0.05) is 25.0 Å². The molecule has 2 N–H and O–H groups in total. The standard InChI is InChI=1S/C19H30N2O.ClH/c1-14(2)18(13-16-7-5-4-6-8-16)19(22)21-11-9-17(10-12-21)15(3)20;/h4-8,14-15,17-18H,9-13,20H2,1-3H3;1H. The van der Waals surface area contributed by atoms with E-state index in [0.29, 0.717) is 17.7 Å². The minimum absolute atomic E-state index is 0. The van der Waals surface area contributed by atoms with Gasteiger partial charge in [-0.2, -0.15) is 0 Å². The molecule has 1 amide bonds. The number of amides is 1. The van der Waals surface area contributed by atoms with Gasteiger partial charge < -0.3 is 10.6 Å². The molecular weight excluding hydrogens is 308 g/mol. The van der Waals surface area contributed by atoms with Crippen LogP contribution in [0.5, 0.6) is 0 Å². The SMILES string of the molecule is CC(C)C(Cc1ccccc1)C(=O)N1CCC(C(C)N)CC1.Cl. The fraction of sp³-hybridized carbons (Fsp3) is 0.632. The Morgan fingerprint density at radius 2 is 1.74 bits per heavy atom. The van der Waals surface area contributed by atoms with Crippen LogP contribution in [0.4, 0.5) is 0 Å². The molecule has 0 aromatic heterocycles. The van der Waals surface area contributed by atoms with Crippen molar-refractivity contribution in [3.8, 4) is 0 Å². The van der Waals surface area contributed by atoms with Gasteiger partial charge in [-0.25, -0.2) is 0 Å². The third-order valence-corrected chi connectivity index (χ3v) is 5.02. The zero-order valence-electron chi connectivity index (χ0n) is 14.6. The van der Waals surface area contributed by atoms with Crippen molar-refractivity contribution in [2.75, 3.05) is 13.1 Å². The Bertz CT molecular complexity index is 468. The van der Waals surface area contributed by atoms with Crippen molar-refractivity contribution >= 4 is 18.3 Å². The number of piperidine rings is 1. The van der Waals surface area contributed by atoms with Crippen LogP contribution in [0.15, 0.2) is 30.3 Å². The molecule has 1 heterocycles. The van der Waals surface area contributed by atoms with Gasteiger partial charge in [-0.3, -0.25) is 4.79 Å². The molecule has 1 saturated heterocycles. The Hall–Kier alpha value is -1.06. The summed E-state index contributed by atoms with van der Waals surface area (Å²) in [5.41, 5.74) is 7.25. The lowest BCUT2D eigenvalue weighted by Gasteiger charge is -2.36. The van der Waals surface area contributed by atoms with E-state index in [4.69, 9.17) is 5.73 Å². The van der Waals surface area contributed by atoms with E-state index in [-0.39, 0.29) is 24.4 Å². The maximum absolute atomic E-state index is 12.9. The van der Waals surface area contributed by atoms with Gasteiger partial charge >= 0.3 is 0 Å². The highest BCUT2D eigenvalue weighted by Gasteiger charge is 2.30. The van der Waals surface area contributed by atoms with E-state index in [1.54, 1.807) is 0 Å². The molecule has 1 aliphatic rings. The summed E-state index contributed by atoms with van der Waals surface area (Å²) in [6, 6.07) is 10.6. The third kappa shape index (κ3) is 5.50. The smallest absolute Gasteiger partial charge is 0.226 e. The second-order valence-corrected chi connectivity index (χ2v) is 7.06. The highest BCUT2D eigenvalue weighted by molar-refractivity contribution is 5.85. The summed E-state index contributed by atoms with van der Waals surface area (Å²) < 4.78 is 0. The van der Waals surface area contributed by atoms with Crippen molar-refractivity contribution < 1.29 is 4.79 Å². The number of halogens is 1. The number of carbonyl (C=O) groups is 1. The van der Waals surface area contributed by atoms with Crippen molar-refractivity contribution in [2.45, 2.75) is 46.1 Å². The first-order valence-electron chi connectivity index (χ1n) is 8.57. The van der Waals surface area contributed by atoms with Gasteiger partial charge in [-0.15, -0.1) is 12.4 Å². The first-order valence-corrected chi connectivity index (χ1v) is 8.57. The second kappa shape index (κ2) is 9.29. The molecule has 1 aromatic carbocycles. The summed E-state index contributed by atoms with van der Waals surface area (Å²) in [5, 5.41) is 0. The summed E-state index contributed by atoms with van der Waals surface area (Å²) >= 11 is 0. The minimum Gasteiger partial charge on any atom is -0.342 e. The number of nitrogens with zero attached hydrogens (tertiary/aromatic N) is 1. The molecule has 3 nitrogen and oxygen atoms in total. The molecule has 0 radical (unpaired) electrons. The Kier molecular flexibility index (Phi) is 8.07. The molecule has 1 fully saturated rings. The Morgan fingerprint density at radius 1 is 1.17 bits per heavy atom. The average molecular weight is 339 g/mol. The van der Waals surface area contributed by atoms with Gasteiger partial charge in [0.2, 0.25) is 5.91 Å². The van der Waals surface area contributed by atoms with Gasteiger partial charge in [0.1, 0.15) is 0 Å². The van der Waals surface area contributed by atoms with Crippen molar-refractivity contribution in [2.24, 2.45) is 23.5 Å². The van der Waals surface area contributed by atoms with Gasteiger partial charge in [0.15, 0.2) is 0 Å². The van der Waals surface area contributed by atoms with Crippen LogP contribution >= 0.6 is 12.4 Å². The minimum atomic E-state index is 0. The lowest BCUT2D eigenvalue weighted by molar-refractivity contribution is -0.138. The topological polar surface area (TPSA) is 46.3 Å². The fourth-order valence-corrected chi connectivity index (χ4v) is 3.36. The summed E-state index contributed by atoms with van der Waals surface area (Å²) in [6.07, 6.45) is 2.92. The first kappa shape index (κ1) is 20.0. The highest BCUT2D eigenvalue weighted by Crippen LogP contribution is 2.25. The van der Waals surface area contributed by atoms with Crippen LogP contribution in [-0.2, 0) is 11.2 Å². The number of rotatable bonds is 5. The third-order valence-electron chi connectivity index (χ3n) is 5.02. The molecule has 23 heavy (non-hydrogen) atoms. The van der Waals surface area contributed by atoms with E-state index >= 15 is 0 Å². The number of nitrogens with two attached hydrogens (primary N) is 1. The quantitative estimate of drug-likeness (QED) is 0.893. The zero-order chi connectivity index (χ0) is 16.1. The van der Waals surface area contributed by atoms with E-state index in [9.17, 15) is 4.79 Å². The molecule has 0 spiro atoms. The molecule has 0 saturated carbocycles. The van der Waals surface area contributed by atoms with Gasteiger partial charge in [-0.1, -0.05) is 44.2 Å². The molecule has 130 valence electrons. The van der Waals surface area contributed by atoms with Crippen LogP contribution in [-0.4, -0.2) is 29.9 Å². The largest absolute Gasteiger partial charge is 0.342 e. The van der Waals surface area contributed by atoms with E-state index in [2.05, 4.69) is 37.8 Å². The molecule has 4 heteroatoms. The fourth-order valence-electron chi connectivity index (χ4n) is 3.36.